The maximum Gasteiger partial charge on any atom is 0.335 e. The molecule has 238 valence electrons. The number of carboxylic acid groups (broad SMARTS) is 1. The van der Waals surface area contributed by atoms with E-state index in [1.165, 1.54) is 12.1 Å². The van der Waals surface area contributed by atoms with Crippen LogP contribution in [0.4, 0.5) is 0 Å². The zero-order chi connectivity index (χ0) is 32.6. The van der Waals surface area contributed by atoms with Gasteiger partial charge < -0.3 is 19.7 Å². The first-order valence-electron chi connectivity index (χ1n) is 15.6. The lowest BCUT2D eigenvalue weighted by molar-refractivity contribution is -0.127. The molecule has 0 radical (unpaired) electrons. The van der Waals surface area contributed by atoms with Crippen LogP contribution in [0.5, 0.6) is 11.5 Å². The molecule has 1 saturated carbocycles. The number of rotatable bonds is 11. The van der Waals surface area contributed by atoms with Gasteiger partial charge in [-0.25, -0.2) is 9.78 Å². The van der Waals surface area contributed by atoms with E-state index in [-0.39, 0.29) is 17.4 Å². The van der Waals surface area contributed by atoms with Crippen molar-refractivity contribution >= 4 is 35.1 Å². The molecule has 0 bridgehead atoms. The summed E-state index contributed by atoms with van der Waals surface area (Å²) in [6, 6.07) is 18.8. The Morgan fingerprint density at radius 2 is 1.70 bits per heavy atom. The summed E-state index contributed by atoms with van der Waals surface area (Å²) >= 11 is 12.7. The number of carbonyl (C=O) groups excluding carboxylic acids is 1. The standard InChI is InChI=1S/C37H37Cl2N3O4/c1-3-5-20-42-23-34(31-19-14-28(38)22-32(31)39)40-35(42)33(41-36(43)26-10-6-24(4-2)7-11-26)21-25-8-15-29(16-9-25)46-30-17-12-27(13-18-30)37(44)45/h8-9,12-19,22-24,26,33H,4,6-7,10-11,20-21H2,1-2H3,(H,41,43)(H,44,45)/t24-,26-,33-/m0/s1. The van der Waals surface area contributed by atoms with Gasteiger partial charge in [-0.3, -0.25) is 4.79 Å². The monoisotopic (exact) mass is 657 g/mol. The number of carboxylic acids is 1. The third kappa shape index (κ3) is 8.31. The average molecular weight is 659 g/mol. The van der Waals surface area contributed by atoms with Crippen LogP contribution in [0.1, 0.15) is 73.7 Å². The van der Waals surface area contributed by atoms with Crippen molar-refractivity contribution < 1.29 is 19.4 Å². The molecular weight excluding hydrogens is 621 g/mol. The second-order valence-corrected chi connectivity index (χ2v) is 12.5. The van der Waals surface area contributed by atoms with Crippen LogP contribution in [0.3, 0.4) is 0 Å². The highest BCUT2D eigenvalue weighted by Gasteiger charge is 2.29. The summed E-state index contributed by atoms with van der Waals surface area (Å²) in [7, 11) is 0. The van der Waals surface area contributed by atoms with Crippen LogP contribution < -0.4 is 10.1 Å². The molecule has 1 fully saturated rings. The molecule has 5 rings (SSSR count). The van der Waals surface area contributed by atoms with E-state index in [0.29, 0.717) is 51.9 Å². The molecule has 46 heavy (non-hydrogen) atoms. The summed E-state index contributed by atoms with van der Waals surface area (Å²) < 4.78 is 7.92. The van der Waals surface area contributed by atoms with Crippen molar-refractivity contribution in [2.24, 2.45) is 11.8 Å². The third-order valence-electron chi connectivity index (χ3n) is 8.56. The fraction of sp³-hybridized carbons (Fsp3) is 0.324. The molecule has 4 aromatic rings. The van der Waals surface area contributed by atoms with Crippen molar-refractivity contribution in [3.8, 4) is 34.6 Å². The topological polar surface area (TPSA) is 93.5 Å². The van der Waals surface area contributed by atoms with Crippen LogP contribution in [0.15, 0.2) is 72.9 Å². The van der Waals surface area contributed by atoms with E-state index < -0.39 is 12.0 Å². The number of hydrogen-bond acceptors (Lipinski definition) is 4. The molecule has 1 heterocycles. The minimum Gasteiger partial charge on any atom is -0.478 e. The summed E-state index contributed by atoms with van der Waals surface area (Å²) in [6.07, 6.45) is 7.48. The van der Waals surface area contributed by atoms with Crippen molar-refractivity contribution in [3.05, 3.63) is 99.9 Å². The molecule has 0 unspecified atom stereocenters. The molecule has 7 nitrogen and oxygen atoms in total. The number of halogens is 2. The van der Waals surface area contributed by atoms with Crippen LogP contribution >= 0.6 is 23.2 Å². The molecule has 0 saturated heterocycles. The molecule has 3 aromatic carbocycles. The van der Waals surface area contributed by atoms with Crippen molar-refractivity contribution in [3.63, 3.8) is 0 Å². The van der Waals surface area contributed by atoms with E-state index >= 15 is 0 Å². The van der Waals surface area contributed by atoms with Gasteiger partial charge in [0.05, 0.1) is 28.9 Å². The zero-order valence-electron chi connectivity index (χ0n) is 25.9. The second kappa shape index (κ2) is 15.4. The van der Waals surface area contributed by atoms with E-state index in [2.05, 4.69) is 24.1 Å². The van der Waals surface area contributed by atoms with Crippen molar-refractivity contribution in [1.29, 1.82) is 0 Å². The maximum atomic E-state index is 13.7. The Morgan fingerprint density at radius 1 is 1.02 bits per heavy atom. The van der Waals surface area contributed by atoms with Crippen molar-refractivity contribution in [2.45, 2.75) is 65.0 Å². The number of aromatic nitrogens is 2. The summed E-state index contributed by atoms with van der Waals surface area (Å²) in [5.74, 6) is 7.66. The van der Waals surface area contributed by atoms with Gasteiger partial charge in [0, 0.05) is 22.7 Å². The van der Waals surface area contributed by atoms with E-state index in [0.717, 1.165) is 43.2 Å². The van der Waals surface area contributed by atoms with Gasteiger partial charge in [-0.2, -0.15) is 0 Å². The molecule has 1 aliphatic carbocycles. The zero-order valence-corrected chi connectivity index (χ0v) is 27.4. The Hall–Kier alpha value is -4.25. The number of hydrogen-bond donors (Lipinski definition) is 2. The molecule has 1 amide bonds. The quantitative estimate of drug-likeness (QED) is 0.157. The Kier molecular flexibility index (Phi) is 11.1. The summed E-state index contributed by atoms with van der Waals surface area (Å²) in [5, 5.41) is 13.5. The number of aromatic carboxylic acids is 1. The molecule has 1 aromatic heterocycles. The van der Waals surface area contributed by atoms with E-state index in [1.54, 1.807) is 31.2 Å². The number of ether oxygens (including phenoxy) is 1. The van der Waals surface area contributed by atoms with Crippen molar-refractivity contribution in [1.82, 2.24) is 14.9 Å². The smallest absolute Gasteiger partial charge is 0.335 e. The SMILES string of the molecule is CC#CCn1cc(-c2ccc(Cl)cc2Cl)nc1[C@H](Cc1ccc(Oc2ccc(C(=O)O)cc2)cc1)NC(=O)[C@H]1CC[C@H](CC)CC1. The largest absolute Gasteiger partial charge is 0.478 e. The fourth-order valence-electron chi connectivity index (χ4n) is 5.89. The Balaban J connectivity index is 1.43. The number of amides is 1. The van der Waals surface area contributed by atoms with Gasteiger partial charge in [0.2, 0.25) is 5.91 Å². The van der Waals surface area contributed by atoms with E-state index in [9.17, 15) is 9.59 Å². The highest BCUT2D eigenvalue weighted by molar-refractivity contribution is 6.36. The fourth-order valence-corrected chi connectivity index (χ4v) is 6.39. The van der Waals surface area contributed by atoms with Crippen LogP contribution in [-0.2, 0) is 17.8 Å². The molecular formula is C37H37Cl2N3O4. The second-order valence-electron chi connectivity index (χ2n) is 11.6. The maximum absolute atomic E-state index is 13.7. The summed E-state index contributed by atoms with van der Waals surface area (Å²) in [6.45, 7) is 4.42. The third-order valence-corrected chi connectivity index (χ3v) is 9.11. The van der Waals surface area contributed by atoms with Gasteiger partial charge >= 0.3 is 5.97 Å². The molecule has 9 heteroatoms. The first-order valence-corrected chi connectivity index (χ1v) is 16.3. The first-order chi connectivity index (χ1) is 22.2. The minimum atomic E-state index is -0.989. The lowest BCUT2D eigenvalue weighted by atomic mass is 9.80. The molecule has 1 atom stereocenters. The van der Waals surface area contributed by atoms with Gasteiger partial charge in [-0.1, -0.05) is 54.6 Å². The van der Waals surface area contributed by atoms with Gasteiger partial charge in [-0.15, -0.1) is 5.92 Å². The van der Waals surface area contributed by atoms with E-state index in [4.69, 9.17) is 38.0 Å². The molecule has 1 aliphatic rings. The number of carbonyl (C=O) groups is 2. The number of imidazole rings is 1. The predicted molar refractivity (Wildman–Crippen MR) is 181 cm³/mol. The first kappa shape index (κ1) is 33.1. The Bertz CT molecular complexity index is 1730. The lowest BCUT2D eigenvalue weighted by Crippen LogP contribution is -2.37. The van der Waals surface area contributed by atoms with Crippen LogP contribution in [0.2, 0.25) is 10.0 Å². The van der Waals surface area contributed by atoms with E-state index in [1.807, 2.05) is 41.1 Å². The number of nitrogens with one attached hydrogen (secondary N) is 1. The van der Waals surface area contributed by atoms with Crippen molar-refractivity contribution in [2.75, 3.05) is 0 Å². The van der Waals surface area contributed by atoms with Gasteiger partial charge in [0.1, 0.15) is 17.3 Å². The lowest BCUT2D eigenvalue weighted by Gasteiger charge is -2.29. The highest BCUT2D eigenvalue weighted by Crippen LogP contribution is 2.34. The van der Waals surface area contributed by atoms with Gasteiger partial charge in [-0.05, 0) is 105 Å². The van der Waals surface area contributed by atoms with Crippen LogP contribution in [0.25, 0.3) is 11.3 Å². The molecule has 0 spiro atoms. The summed E-state index contributed by atoms with van der Waals surface area (Å²) in [5.41, 5.74) is 2.60. The predicted octanol–water partition coefficient (Wildman–Crippen LogP) is 8.99. The highest BCUT2D eigenvalue weighted by atomic mass is 35.5. The molecule has 2 N–H and O–H groups in total. The minimum absolute atomic E-state index is 0.0300. The Labute approximate surface area is 279 Å². The number of benzene rings is 3. The average Bonchev–Trinajstić information content (AvgIpc) is 3.48. The van der Waals surface area contributed by atoms with Gasteiger partial charge in [0.15, 0.2) is 0 Å². The summed E-state index contributed by atoms with van der Waals surface area (Å²) in [4.78, 5) is 29.9. The molecule has 0 aliphatic heterocycles. The Morgan fingerprint density at radius 3 is 2.30 bits per heavy atom. The normalized spacial score (nSPS) is 16.6. The van der Waals surface area contributed by atoms with Gasteiger partial charge in [0.25, 0.3) is 0 Å². The number of nitrogens with zero attached hydrogens (tertiary/aromatic N) is 2. The van der Waals surface area contributed by atoms with Crippen LogP contribution in [0, 0.1) is 23.7 Å². The van der Waals surface area contributed by atoms with Crippen LogP contribution in [-0.4, -0.2) is 26.5 Å².